The van der Waals surface area contributed by atoms with Crippen LogP contribution in [0.1, 0.15) is 5.56 Å². The highest BCUT2D eigenvalue weighted by Crippen LogP contribution is 2.23. The molecule has 0 aromatic heterocycles. The number of hydroxylamine groups is 1. The Bertz CT molecular complexity index is 389. The van der Waals surface area contributed by atoms with Gasteiger partial charge in [-0.2, -0.15) is 5.48 Å². The zero-order valence-electron chi connectivity index (χ0n) is 8.60. The fourth-order valence-electron chi connectivity index (χ4n) is 1.05. The minimum absolute atomic E-state index is 0.140. The molecule has 0 fully saturated rings. The molecular weight excluding hydrogens is 268 g/mol. The van der Waals surface area contributed by atoms with Gasteiger partial charge in [0.05, 0.1) is 0 Å². The number of rotatable bonds is 4. The highest BCUT2D eigenvalue weighted by Gasteiger charge is 2.31. The van der Waals surface area contributed by atoms with Gasteiger partial charge in [0.2, 0.25) is 0 Å². The Kier molecular flexibility index (Phi) is 4.41. The van der Waals surface area contributed by atoms with Crippen molar-refractivity contribution in [2.75, 3.05) is 0 Å². The molecule has 0 amide bonds. The van der Waals surface area contributed by atoms with Crippen LogP contribution < -0.4 is 10.2 Å². The quantitative estimate of drug-likeness (QED) is 0.676. The lowest BCUT2D eigenvalue weighted by atomic mass is 10.2. The van der Waals surface area contributed by atoms with Crippen LogP contribution in [0, 0.1) is 0 Å². The smallest absolute Gasteiger partial charge is 0.406 e. The van der Waals surface area contributed by atoms with Crippen LogP contribution in [0.2, 0.25) is 0 Å². The molecule has 0 saturated carbocycles. The second kappa shape index (κ2) is 5.44. The molecule has 102 valence electrons. The predicted octanol–water partition coefficient (Wildman–Crippen LogP) is 3.13. The first kappa shape index (κ1) is 14.6. The summed E-state index contributed by atoms with van der Waals surface area (Å²) in [6, 6.07) is 4.50. The fourth-order valence-corrected chi connectivity index (χ4v) is 1.05. The van der Waals surface area contributed by atoms with Crippen molar-refractivity contribution in [2.24, 2.45) is 0 Å². The van der Waals surface area contributed by atoms with Gasteiger partial charge in [0.15, 0.2) is 0 Å². The van der Waals surface area contributed by atoms with Gasteiger partial charge in [0, 0.05) is 6.54 Å². The molecule has 3 nitrogen and oxygen atoms in total. The van der Waals surface area contributed by atoms with E-state index in [-0.39, 0.29) is 5.56 Å². The normalized spacial score (nSPS) is 12.6. The van der Waals surface area contributed by atoms with E-state index in [0.717, 1.165) is 12.1 Å². The topological polar surface area (TPSA) is 30.5 Å². The summed E-state index contributed by atoms with van der Waals surface area (Å²) in [6.07, 6.45) is -9.71. The third kappa shape index (κ3) is 6.30. The van der Waals surface area contributed by atoms with Crippen molar-refractivity contribution in [3.8, 4) is 5.75 Å². The van der Waals surface area contributed by atoms with Gasteiger partial charge in [-0.05, 0) is 17.7 Å². The first-order chi connectivity index (χ1) is 8.16. The van der Waals surface area contributed by atoms with Crippen LogP contribution in [0.25, 0.3) is 0 Å². The molecule has 1 rings (SSSR count). The highest BCUT2D eigenvalue weighted by atomic mass is 19.4. The molecule has 18 heavy (non-hydrogen) atoms. The molecule has 1 aromatic rings. The summed E-state index contributed by atoms with van der Waals surface area (Å²) in [5.74, 6) is -0.520. The number of nitrogens with one attached hydrogen (secondary N) is 1. The molecule has 0 aliphatic heterocycles. The Hall–Kier alpha value is -1.48. The van der Waals surface area contributed by atoms with Crippen molar-refractivity contribution in [1.82, 2.24) is 5.48 Å². The Labute approximate surface area is 97.3 Å². The van der Waals surface area contributed by atoms with Crippen LogP contribution in [0.3, 0.4) is 0 Å². The molecule has 0 bridgehead atoms. The van der Waals surface area contributed by atoms with E-state index in [9.17, 15) is 26.3 Å². The van der Waals surface area contributed by atoms with Crippen LogP contribution in [0.4, 0.5) is 26.3 Å². The number of halogens is 6. The Morgan fingerprint density at radius 2 is 1.67 bits per heavy atom. The second-order valence-electron chi connectivity index (χ2n) is 3.06. The minimum atomic E-state index is -4.86. The number of benzene rings is 1. The molecule has 0 unspecified atom stereocenters. The summed E-state index contributed by atoms with van der Waals surface area (Å²) in [7, 11) is 0. The van der Waals surface area contributed by atoms with Crippen LogP contribution >= 0.6 is 0 Å². The van der Waals surface area contributed by atoms with Gasteiger partial charge in [-0.15, -0.1) is 26.3 Å². The number of alkyl halides is 6. The summed E-state index contributed by atoms with van der Waals surface area (Å²) in [6.45, 7) is -0.422. The summed E-state index contributed by atoms with van der Waals surface area (Å²) in [5, 5.41) is 0. The van der Waals surface area contributed by atoms with E-state index in [1.54, 1.807) is 5.48 Å². The van der Waals surface area contributed by atoms with Gasteiger partial charge in [-0.3, -0.25) is 0 Å². The number of hydrogen-bond acceptors (Lipinski definition) is 3. The Balaban J connectivity index is 2.55. The van der Waals surface area contributed by atoms with Crippen molar-refractivity contribution in [3.63, 3.8) is 0 Å². The van der Waals surface area contributed by atoms with E-state index in [1.165, 1.54) is 12.1 Å². The first-order valence-corrected chi connectivity index (χ1v) is 4.48. The van der Waals surface area contributed by atoms with Gasteiger partial charge in [-0.25, -0.2) is 4.84 Å². The number of ether oxygens (including phenoxy) is 1. The van der Waals surface area contributed by atoms with Crippen molar-refractivity contribution in [3.05, 3.63) is 29.8 Å². The second-order valence-corrected chi connectivity index (χ2v) is 3.06. The van der Waals surface area contributed by atoms with Crippen molar-refractivity contribution < 1.29 is 35.9 Å². The van der Waals surface area contributed by atoms with Crippen molar-refractivity contribution in [1.29, 1.82) is 0 Å². The Morgan fingerprint density at radius 3 is 2.22 bits per heavy atom. The van der Waals surface area contributed by atoms with E-state index in [4.69, 9.17) is 0 Å². The van der Waals surface area contributed by atoms with Gasteiger partial charge in [0.25, 0.3) is 0 Å². The third-order valence-electron chi connectivity index (χ3n) is 1.60. The molecule has 1 aromatic carbocycles. The molecule has 0 saturated heterocycles. The average Bonchev–Trinajstić information content (AvgIpc) is 2.13. The van der Waals surface area contributed by atoms with Gasteiger partial charge in [0.1, 0.15) is 5.75 Å². The van der Waals surface area contributed by atoms with Gasteiger partial charge < -0.3 is 4.74 Å². The minimum Gasteiger partial charge on any atom is -0.406 e. The summed E-state index contributed by atoms with van der Waals surface area (Å²) < 4.78 is 74.0. The first-order valence-electron chi connectivity index (χ1n) is 4.48. The van der Waals surface area contributed by atoms with Gasteiger partial charge in [-0.1, -0.05) is 12.1 Å². The summed E-state index contributed by atoms with van der Waals surface area (Å²) >= 11 is 0. The maximum Gasteiger partial charge on any atom is 0.573 e. The van der Waals surface area contributed by atoms with Gasteiger partial charge >= 0.3 is 12.7 Å². The van der Waals surface area contributed by atoms with Crippen LogP contribution in [-0.4, -0.2) is 12.7 Å². The summed E-state index contributed by atoms with van der Waals surface area (Å²) in [4.78, 5) is 3.26. The van der Waals surface area contributed by atoms with E-state index in [0.29, 0.717) is 0 Å². The van der Waals surface area contributed by atoms with E-state index in [1.807, 2.05) is 0 Å². The van der Waals surface area contributed by atoms with Crippen LogP contribution in [0.5, 0.6) is 5.75 Å². The average molecular weight is 275 g/mol. The van der Waals surface area contributed by atoms with Crippen molar-refractivity contribution in [2.45, 2.75) is 19.3 Å². The lowest BCUT2D eigenvalue weighted by Gasteiger charge is -2.11. The lowest BCUT2D eigenvalue weighted by molar-refractivity contribution is -0.351. The third-order valence-corrected chi connectivity index (χ3v) is 1.60. The zero-order valence-corrected chi connectivity index (χ0v) is 8.60. The molecule has 0 aliphatic rings. The molecule has 0 spiro atoms. The number of hydrogen-bond donors (Lipinski definition) is 1. The molecular formula is C9H7F6NO2. The zero-order chi connectivity index (χ0) is 13.8. The molecule has 1 N–H and O–H groups in total. The molecule has 9 heteroatoms. The predicted molar refractivity (Wildman–Crippen MR) is 47.1 cm³/mol. The Morgan fingerprint density at radius 1 is 1.00 bits per heavy atom. The van der Waals surface area contributed by atoms with E-state index < -0.39 is 25.0 Å². The maximum absolute atomic E-state index is 11.9. The molecule has 0 atom stereocenters. The van der Waals surface area contributed by atoms with E-state index in [2.05, 4.69) is 9.57 Å². The highest BCUT2D eigenvalue weighted by molar-refractivity contribution is 5.28. The summed E-state index contributed by atoms with van der Waals surface area (Å²) in [5.41, 5.74) is 1.71. The van der Waals surface area contributed by atoms with Crippen molar-refractivity contribution >= 4 is 0 Å². The van der Waals surface area contributed by atoms with E-state index >= 15 is 0 Å². The standard InChI is InChI=1S/C9H7F6NO2/c10-8(11,12)17-7-3-1-2-6(4-7)5-16-18-9(13,14)15/h1-4,16H,5H2. The van der Waals surface area contributed by atoms with Crippen LogP contribution in [0.15, 0.2) is 24.3 Å². The maximum atomic E-state index is 11.9. The molecule has 0 heterocycles. The van der Waals surface area contributed by atoms with Crippen LogP contribution in [-0.2, 0) is 11.4 Å². The monoisotopic (exact) mass is 275 g/mol. The fraction of sp³-hybridized carbons (Fsp3) is 0.333. The lowest BCUT2D eigenvalue weighted by Crippen LogP contribution is -2.25. The largest absolute Gasteiger partial charge is 0.573 e. The SMILES string of the molecule is FC(F)(F)ONCc1cccc(OC(F)(F)F)c1. The molecule has 0 aliphatic carbocycles. The molecule has 0 radical (unpaired) electrons.